The third-order valence-corrected chi connectivity index (χ3v) is 4.02. The number of halogens is 2. The predicted octanol–water partition coefficient (Wildman–Crippen LogP) is 1.12. The Balaban J connectivity index is 2.15. The van der Waals surface area contributed by atoms with Gasteiger partial charge < -0.3 is 15.5 Å². The summed E-state index contributed by atoms with van der Waals surface area (Å²) in [6.45, 7) is 2.22. The van der Waals surface area contributed by atoms with E-state index in [0.29, 0.717) is 6.54 Å². The minimum absolute atomic E-state index is 0.00349. The normalized spacial score (nSPS) is 19.4. The Bertz CT molecular complexity index is 594. The molecule has 2 atom stereocenters. The monoisotopic (exact) mass is 311 g/mol. The van der Waals surface area contributed by atoms with Crippen molar-refractivity contribution in [3.8, 4) is 0 Å². The summed E-state index contributed by atoms with van der Waals surface area (Å²) in [5, 5.41) is 0. The van der Waals surface area contributed by atoms with E-state index in [9.17, 15) is 18.4 Å². The Morgan fingerprint density at radius 2 is 2.18 bits per heavy atom. The number of nitrogens with two attached hydrogens (primary N) is 1. The largest absolute Gasteiger partial charge is 0.341 e. The number of carbonyl (C=O) groups excluding carboxylic acids is 2. The minimum atomic E-state index is -0.815. The second kappa shape index (κ2) is 6.39. The number of nitrogens with zero attached hydrogens (tertiary/aromatic N) is 2. The lowest BCUT2D eigenvalue weighted by molar-refractivity contribution is -0.136. The van der Waals surface area contributed by atoms with Crippen LogP contribution in [-0.4, -0.2) is 42.9 Å². The zero-order valence-corrected chi connectivity index (χ0v) is 12.6. The van der Waals surface area contributed by atoms with Gasteiger partial charge in [-0.05, 0) is 19.1 Å². The minimum Gasteiger partial charge on any atom is -0.341 e. The molecule has 1 aliphatic rings. The number of likely N-dealkylation sites (N-methyl/N-ethyl adjacent to an activating group) is 1. The van der Waals surface area contributed by atoms with Crippen LogP contribution < -0.4 is 10.6 Å². The fourth-order valence-electron chi connectivity index (χ4n) is 2.47. The number of amides is 2. The van der Waals surface area contributed by atoms with Gasteiger partial charge in [-0.25, -0.2) is 8.78 Å². The molecule has 1 aromatic carbocycles. The maximum Gasteiger partial charge on any atom is 0.228 e. The summed E-state index contributed by atoms with van der Waals surface area (Å²) >= 11 is 0. The van der Waals surface area contributed by atoms with Crippen molar-refractivity contribution in [2.45, 2.75) is 19.4 Å². The van der Waals surface area contributed by atoms with Crippen LogP contribution in [0.2, 0.25) is 0 Å². The third-order valence-electron chi connectivity index (χ3n) is 4.02. The van der Waals surface area contributed by atoms with Gasteiger partial charge in [0.25, 0.3) is 0 Å². The highest BCUT2D eigenvalue weighted by molar-refractivity contribution is 6.00. The van der Waals surface area contributed by atoms with E-state index in [1.807, 2.05) is 6.92 Å². The molecule has 5 nitrogen and oxygen atoms in total. The van der Waals surface area contributed by atoms with Gasteiger partial charge in [-0.1, -0.05) is 0 Å². The zero-order valence-electron chi connectivity index (χ0n) is 12.6. The quantitative estimate of drug-likeness (QED) is 0.906. The average Bonchev–Trinajstić information content (AvgIpc) is 2.86. The summed E-state index contributed by atoms with van der Waals surface area (Å²) < 4.78 is 26.8. The lowest BCUT2D eigenvalue weighted by Crippen LogP contribution is -2.43. The molecule has 1 heterocycles. The van der Waals surface area contributed by atoms with Crippen LogP contribution >= 0.6 is 0 Å². The first-order valence-electron chi connectivity index (χ1n) is 7.07. The van der Waals surface area contributed by atoms with Crippen LogP contribution in [0.25, 0.3) is 0 Å². The number of carbonyl (C=O) groups is 2. The Morgan fingerprint density at radius 3 is 2.77 bits per heavy atom. The standard InChI is InChI=1S/C15H19F2N3O2/c1-9(7-18)19(2)15(22)10-5-14(21)20(8-10)13-4-3-11(16)6-12(13)17/h3-4,6,9-10H,5,7-8,18H2,1-2H3. The van der Waals surface area contributed by atoms with Gasteiger partial charge in [0.05, 0.1) is 11.6 Å². The number of anilines is 1. The second-order valence-electron chi connectivity index (χ2n) is 5.53. The molecule has 0 aromatic heterocycles. The van der Waals surface area contributed by atoms with Crippen LogP contribution in [0, 0.1) is 17.6 Å². The molecule has 2 N–H and O–H groups in total. The lowest BCUT2D eigenvalue weighted by atomic mass is 10.1. The van der Waals surface area contributed by atoms with Crippen LogP contribution in [0.1, 0.15) is 13.3 Å². The van der Waals surface area contributed by atoms with Crippen LogP contribution in [0.4, 0.5) is 14.5 Å². The molecule has 1 fully saturated rings. The molecule has 0 saturated carbocycles. The first kappa shape index (κ1) is 16.4. The van der Waals surface area contributed by atoms with Gasteiger partial charge in [-0.2, -0.15) is 0 Å². The van der Waals surface area contributed by atoms with E-state index in [2.05, 4.69) is 0 Å². The first-order valence-corrected chi connectivity index (χ1v) is 7.07. The topological polar surface area (TPSA) is 66.6 Å². The van der Waals surface area contributed by atoms with Crippen molar-refractivity contribution in [1.29, 1.82) is 0 Å². The molecule has 0 spiro atoms. The molecule has 1 aromatic rings. The van der Waals surface area contributed by atoms with E-state index in [1.54, 1.807) is 7.05 Å². The highest BCUT2D eigenvalue weighted by Gasteiger charge is 2.38. The molecule has 2 rings (SSSR count). The van der Waals surface area contributed by atoms with Gasteiger partial charge in [-0.3, -0.25) is 9.59 Å². The van der Waals surface area contributed by atoms with Gasteiger partial charge in [0, 0.05) is 38.7 Å². The summed E-state index contributed by atoms with van der Waals surface area (Å²) in [5.74, 6) is -2.62. The number of rotatable bonds is 4. The van der Waals surface area contributed by atoms with Crippen molar-refractivity contribution in [3.05, 3.63) is 29.8 Å². The van der Waals surface area contributed by atoms with Crippen molar-refractivity contribution < 1.29 is 18.4 Å². The maximum atomic E-state index is 13.8. The molecule has 1 saturated heterocycles. The van der Waals surface area contributed by atoms with Crippen LogP contribution in [0.5, 0.6) is 0 Å². The predicted molar refractivity (Wildman–Crippen MR) is 78.1 cm³/mol. The Morgan fingerprint density at radius 1 is 1.50 bits per heavy atom. The van der Waals surface area contributed by atoms with Crippen molar-refractivity contribution in [3.63, 3.8) is 0 Å². The molecule has 2 unspecified atom stereocenters. The molecule has 22 heavy (non-hydrogen) atoms. The Labute approximate surface area is 127 Å². The summed E-state index contributed by atoms with van der Waals surface area (Å²) in [4.78, 5) is 27.1. The molecular weight excluding hydrogens is 292 g/mol. The number of benzene rings is 1. The third kappa shape index (κ3) is 3.09. The molecular formula is C15H19F2N3O2. The van der Waals surface area contributed by atoms with Crippen LogP contribution in [-0.2, 0) is 9.59 Å². The van der Waals surface area contributed by atoms with E-state index in [1.165, 1.54) is 15.9 Å². The van der Waals surface area contributed by atoms with Crippen molar-refractivity contribution in [2.75, 3.05) is 25.0 Å². The second-order valence-corrected chi connectivity index (χ2v) is 5.53. The van der Waals surface area contributed by atoms with Crippen LogP contribution in [0.15, 0.2) is 18.2 Å². The van der Waals surface area contributed by atoms with E-state index in [-0.39, 0.29) is 36.5 Å². The number of hydrogen-bond acceptors (Lipinski definition) is 3. The highest BCUT2D eigenvalue weighted by atomic mass is 19.1. The SMILES string of the molecule is CC(CN)N(C)C(=O)C1CC(=O)N(c2ccc(F)cc2F)C1. The van der Waals surface area contributed by atoms with Crippen molar-refractivity contribution in [2.24, 2.45) is 11.7 Å². The van der Waals surface area contributed by atoms with E-state index >= 15 is 0 Å². The van der Waals surface area contributed by atoms with Gasteiger partial charge in [0.1, 0.15) is 11.6 Å². The van der Waals surface area contributed by atoms with Gasteiger partial charge >= 0.3 is 0 Å². The molecule has 120 valence electrons. The van der Waals surface area contributed by atoms with E-state index < -0.39 is 17.6 Å². The van der Waals surface area contributed by atoms with Gasteiger partial charge in [0.15, 0.2) is 0 Å². The summed E-state index contributed by atoms with van der Waals surface area (Å²) in [5.41, 5.74) is 5.53. The zero-order chi connectivity index (χ0) is 16.4. The molecule has 2 amide bonds. The lowest BCUT2D eigenvalue weighted by Gasteiger charge is -2.26. The highest BCUT2D eigenvalue weighted by Crippen LogP contribution is 2.28. The smallest absolute Gasteiger partial charge is 0.228 e. The fourth-order valence-corrected chi connectivity index (χ4v) is 2.47. The van der Waals surface area contributed by atoms with Crippen LogP contribution in [0.3, 0.4) is 0 Å². The molecule has 0 bridgehead atoms. The summed E-state index contributed by atoms with van der Waals surface area (Å²) in [6.07, 6.45) is 0.0112. The molecule has 0 aliphatic carbocycles. The number of hydrogen-bond donors (Lipinski definition) is 1. The summed E-state index contributed by atoms with van der Waals surface area (Å²) in [6, 6.07) is 2.88. The van der Waals surface area contributed by atoms with Crippen molar-refractivity contribution >= 4 is 17.5 Å². The maximum absolute atomic E-state index is 13.8. The van der Waals surface area contributed by atoms with E-state index in [4.69, 9.17) is 5.73 Å². The Hall–Kier alpha value is -2.02. The molecule has 7 heteroatoms. The summed E-state index contributed by atoms with van der Waals surface area (Å²) in [7, 11) is 1.63. The van der Waals surface area contributed by atoms with E-state index in [0.717, 1.165) is 12.1 Å². The molecule has 1 aliphatic heterocycles. The first-order chi connectivity index (χ1) is 10.3. The van der Waals surface area contributed by atoms with Crippen molar-refractivity contribution in [1.82, 2.24) is 4.90 Å². The molecule has 0 radical (unpaired) electrons. The Kier molecular flexibility index (Phi) is 4.75. The van der Waals surface area contributed by atoms with Gasteiger partial charge in [-0.15, -0.1) is 0 Å². The fraction of sp³-hybridized carbons (Fsp3) is 0.467. The average molecular weight is 311 g/mol. The van der Waals surface area contributed by atoms with Gasteiger partial charge in [0.2, 0.25) is 11.8 Å².